The molecule has 0 saturated heterocycles. The number of fused-ring (bicyclic) bond motifs is 1. The van der Waals surface area contributed by atoms with E-state index in [0.717, 1.165) is 22.1 Å². The van der Waals surface area contributed by atoms with E-state index in [1.54, 1.807) is 6.07 Å². The van der Waals surface area contributed by atoms with Crippen LogP contribution in [0.2, 0.25) is 0 Å². The lowest BCUT2D eigenvalue weighted by atomic mass is 9.98. The van der Waals surface area contributed by atoms with E-state index in [9.17, 15) is 4.79 Å². The number of aromatic nitrogens is 2. The highest BCUT2D eigenvalue weighted by Crippen LogP contribution is 2.28. The number of nitrogens with zero attached hydrogens (tertiary/aromatic N) is 2. The zero-order valence-electron chi connectivity index (χ0n) is 16.6. The van der Waals surface area contributed by atoms with Crippen molar-refractivity contribution in [1.82, 2.24) is 10.2 Å². The Morgan fingerprint density at radius 3 is 2.55 bits per heavy atom. The van der Waals surface area contributed by atoms with Crippen LogP contribution in [0.4, 0.5) is 0 Å². The second-order valence-electron chi connectivity index (χ2n) is 7.29. The van der Waals surface area contributed by atoms with Gasteiger partial charge in [0, 0.05) is 23.6 Å². The topological polar surface area (TPSA) is 69.1 Å². The molecule has 2 heterocycles. The first kappa shape index (κ1) is 19.5. The molecule has 0 saturated carbocycles. The van der Waals surface area contributed by atoms with E-state index >= 15 is 0 Å². The van der Waals surface area contributed by atoms with Gasteiger partial charge in [0.2, 0.25) is 5.89 Å². The molecule has 6 heteroatoms. The van der Waals surface area contributed by atoms with Crippen molar-refractivity contribution in [3.05, 3.63) is 87.1 Å². The van der Waals surface area contributed by atoms with Gasteiger partial charge in [0.25, 0.3) is 5.22 Å². The molecule has 1 atom stereocenters. The fourth-order valence-corrected chi connectivity index (χ4v) is 4.05. The molecule has 0 radical (unpaired) electrons. The minimum atomic E-state index is -0.348. The van der Waals surface area contributed by atoms with E-state index < -0.39 is 0 Å². The maximum Gasteiger partial charge on any atom is 0.336 e. The Kier molecular flexibility index (Phi) is 5.53. The zero-order valence-corrected chi connectivity index (χ0v) is 17.5. The van der Waals surface area contributed by atoms with E-state index in [4.69, 9.17) is 8.83 Å². The van der Waals surface area contributed by atoms with Crippen LogP contribution in [0.15, 0.2) is 67.4 Å². The number of benzene rings is 2. The van der Waals surface area contributed by atoms with Crippen LogP contribution in [-0.4, -0.2) is 10.2 Å². The molecule has 29 heavy (non-hydrogen) atoms. The van der Waals surface area contributed by atoms with Gasteiger partial charge in [-0.25, -0.2) is 4.79 Å². The van der Waals surface area contributed by atoms with Crippen molar-refractivity contribution in [2.24, 2.45) is 0 Å². The number of hydrogen-bond acceptors (Lipinski definition) is 6. The van der Waals surface area contributed by atoms with E-state index in [0.29, 0.717) is 34.8 Å². The highest BCUT2D eigenvalue weighted by Gasteiger charge is 2.14. The molecule has 4 rings (SSSR count). The molecule has 4 aromatic rings. The van der Waals surface area contributed by atoms with Gasteiger partial charge in [0.1, 0.15) is 5.58 Å². The van der Waals surface area contributed by atoms with Crippen LogP contribution in [0.5, 0.6) is 0 Å². The van der Waals surface area contributed by atoms with E-state index in [2.05, 4.69) is 42.2 Å². The molecule has 2 aromatic carbocycles. The molecule has 148 valence electrons. The van der Waals surface area contributed by atoms with Gasteiger partial charge in [-0.15, -0.1) is 10.2 Å². The van der Waals surface area contributed by atoms with Crippen LogP contribution in [0, 0.1) is 13.8 Å². The van der Waals surface area contributed by atoms with E-state index in [1.165, 1.54) is 17.3 Å². The minimum absolute atomic E-state index is 0.295. The van der Waals surface area contributed by atoms with Crippen LogP contribution in [0.3, 0.4) is 0 Å². The number of aryl methyl sites for hydroxylation is 2. The first-order valence-electron chi connectivity index (χ1n) is 9.53. The molecule has 0 spiro atoms. The Hall–Kier alpha value is -2.86. The van der Waals surface area contributed by atoms with Gasteiger partial charge >= 0.3 is 5.63 Å². The Bertz CT molecular complexity index is 1200. The second kappa shape index (κ2) is 8.25. The zero-order chi connectivity index (χ0) is 20.4. The summed E-state index contributed by atoms with van der Waals surface area (Å²) in [4.78, 5) is 11.9. The normalized spacial score (nSPS) is 12.4. The molecule has 0 aliphatic carbocycles. The minimum Gasteiger partial charge on any atom is -0.423 e. The van der Waals surface area contributed by atoms with E-state index in [-0.39, 0.29) is 5.63 Å². The lowest BCUT2D eigenvalue weighted by molar-refractivity contribution is 0.404. The summed E-state index contributed by atoms with van der Waals surface area (Å²) in [6.07, 6.45) is 0.688. The molecule has 0 bridgehead atoms. The lowest BCUT2D eigenvalue weighted by Crippen LogP contribution is -2.00. The monoisotopic (exact) mass is 406 g/mol. The highest BCUT2D eigenvalue weighted by atomic mass is 32.2. The van der Waals surface area contributed by atoms with Gasteiger partial charge in [-0.05, 0) is 54.2 Å². The second-order valence-corrected chi connectivity index (χ2v) is 8.22. The van der Waals surface area contributed by atoms with E-state index in [1.807, 2.05) is 31.2 Å². The first-order valence-corrected chi connectivity index (χ1v) is 10.5. The van der Waals surface area contributed by atoms with Crippen molar-refractivity contribution in [1.29, 1.82) is 0 Å². The van der Waals surface area contributed by atoms with Crippen molar-refractivity contribution < 1.29 is 8.83 Å². The first-order chi connectivity index (χ1) is 14.0. The lowest BCUT2D eigenvalue weighted by Gasteiger charge is -2.08. The SMILES string of the molecule is Cc1cc2oc(=O)cc(CSc3nnc(CC(C)c4ccccc4)o3)c2cc1C. The standard InChI is InChI=1S/C23H22N2O3S/c1-14-9-19-18(12-22(26)27-20(19)10-15(14)2)13-29-23-25-24-21(28-23)11-16(3)17-7-5-4-6-8-17/h4-10,12,16H,11,13H2,1-3H3. The third-order valence-corrected chi connectivity index (χ3v) is 5.96. The molecule has 1 unspecified atom stereocenters. The largest absolute Gasteiger partial charge is 0.423 e. The molecule has 2 aromatic heterocycles. The summed E-state index contributed by atoms with van der Waals surface area (Å²) in [7, 11) is 0. The predicted molar refractivity (Wildman–Crippen MR) is 114 cm³/mol. The summed E-state index contributed by atoms with van der Waals surface area (Å²) in [6, 6.07) is 15.8. The number of thioether (sulfide) groups is 1. The fraction of sp³-hybridized carbons (Fsp3) is 0.261. The third-order valence-electron chi connectivity index (χ3n) is 5.09. The van der Waals surface area contributed by atoms with Gasteiger partial charge in [0.15, 0.2) is 0 Å². The van der Waals surface area contributed by atoms with Gasteiger partial charge in [0.05, 0.1) is 0 Å². The van der Waals surface area contributed by atoms with Crippen molar-refractivity contribution in [3.8, 4) is 0 Å². The summed E-state index contributed by atoms with van der Waals surface area (Å²) in [5, 5.41) is 9.79. The number of rotatable bonds is 6. The van der Waals surface area contributed by atoms with Crippen LogP contribution in [0.1, 0.15) is 41.0 Å². The van der Waals surface area contributed by atoms with Crippen LogP contribution < -0.4 is 5.63 Å². The van der Waals surface area contributed by atoms with Crippen molar-refractivity contribution in [2.75, 3.05) is 0 Å². The summed E-state index contributed by atoms with van der Waals surface area (Å²) in [5.41, 5.74) is 4.67. The van der Waals surface area contributed by atoms with Crippen molar-refractivity contribution in [2.45, 2.75) is 44.1 Å². The average Bonchev–Trinajstić information content (AvgIpc) is 3.15. The molecule has 0 aliphatic heterocycles. The molecule has 0 fully saturated rings. The smallest absolute Gasteiger partial charge is 0.336 e. The Labute approximate surface area is 173 Å². The molecule has 0 N–H and O–H groups in total. The van der Waals surface area contributed by atoms with Gasteiger partial charge in [-0.1, -0.05) is 49.0 Å². The third kappa shape index (κ3) is 4.43. The molecule has 5 nitrogen and oxygen atoms in total. The molecular weight excluding hydrogens is 384 g/mol. The van der Waals surface area contributed by atoms with Gasteiger partial charge in [-0.3, -0.25) is 0 Å². The maximum absolute atomic E-state index is 11.9. The number of hydrogen-bond donors (Lipinski definition) is 0. The summed E-state index contributed by atoms with van der Waals surface area (Å²) in [5.74, 6) is 1.47. The average molecular weight is 407 g/mol. The molecule has 0 aliphatic rings. The highest BCUT2D eigenvalue weighted by molar-refractivity contribution is 7.98. The summed E-state index contributed by atoms with van der Waals surface area (Å²) in [6.45, 7) is 6.20. The van der Waals surface area contributed by atoms with Gasteiger partial charge in [-0.2, -0.15) is 0 Å². The molecule has 0 amide bonds. The maximum atomic E-state index is 11.9. The Morgan fingerprint density at radius 1 is 1.00 bits per heavy atom. The van der Waals surface area contributed by atoms with Crippen LogP contribution in [-0.2, 0) is 12.2 Å². The Balaban J connectivity index is 1.49. The fourth-order valence-electron chi connectivity index (χ4n) is 3.28. The van der Waals surface area contributed by atoms with Crippen LogP contribution in [0.25, 0.3) is 11.0 Å². The summed E-state index contributed by atoms with van der Waals surface area (Å²) >= 11 is 1.43. The predicted octanol–water partition coefficient (Wildman–Crippen LogP) is 5.43. The van der Waals surface area contributed by atoms with Crippen molar-refractivity contribution >= 4 is 22.7 Å². The quantitative estimate of drug-likeness (QED) is 0.314. The van der Waals surface area contributed by atoms with Crippen molar-refractivity contribution in [3.63, 3.8) is 0 Å². The summed E-state index contributed by atoms with van der Waals surface area (Å²) < 4.78 is 11.2. The Morgan fingerprint density at radius 2 is 1.76 bits per heavy atom. The molecular formula is C23H22N2O3S. The van der Waals surface area contributed by atoms with Gasteiger partial charge < -0.3 is 8.83 Å². The van der Waals surface area contributed by atoms with Crippen LogP contribution >= 0.6 is 11.8 Å².